The molecule has 0 bridgehead atoms. The average molecular weight is 541 g/mol. The number of fused-ring (bicyclic) bond motifs is 2. The van der Waals surface area contributed by atoms with E-state index in [-0.39, 0.29) is 44.5 Å². The molecule has 0 amide bonds. The number of allylic oxidation sites excluding steroid dienone is 7. The summed E-state index contributed by atoms with van der Waals surface area (Å²) in [7, 11) is 0. The fourth-order valence-electron chi connectivity index (χ4n) is 5.24. The van der Waals surface area contributed by atoms with Crippen LogP contribution in [0.25, 0.3) is 59.2 Å². The maximum atomic E-state index is 16.2. The van der Waals surface area contributed by atoms with E-state index < -0.39 is 45.5 Å². The van der Waals surface area contributed by atoms with Gasteiger partial charge in [-0.15, -0.1) is 0 Å². The first-order chi connectivity index (χ1) is 20.4. The molecule has 7 nitrogen and oxygen atoms in total. The first-order valence-electron chi connectivity index (χ1n) is 11.8. The van der Waals surface area contributed by atoms with Crippen LogP contribution < -0.4 is 0 Å². The highest BCUT2D eigenvalue weighted by Gasteiger charge is 2.43. The molecule has 0 unspecified atom stereocenters. The summed E-state index contributed by atoms with van der Waals surface area (Å²) in [5, 5.41) is 39.1. The summed E-state index contributed by atoms with van der Waals surface area (Å²) in [5.74, 6) is -2.30. The van der Waals surface area contributed by atoms with Gasteiger partial charge < -0.3 is 0 Å². The predicted molar refractivity (Wildman–Crippen MR) is 149 cm³/mol. The Morgan fingerprint density at radius 2 is 1.12 bits per heavy atom. The van der Waals surface area contributed by atoms with Crippen molar-refractivity contribution in [2.45, 2.75) is 0 Å². The number of hydrogen-bond donors (Lipinski definition) is 0. The summed E-state index contributed by atoms with van der Waals surface area (Å²) in [4.78, 5) is 9.79. The maximum Gasteiger partial charge on any atom is 0.272 e. The smallest absolute Gasteiger partial charge is 0.234 e. The highest BCUT2D eigenvalue weighted by Crippen LogP contribution is 2.60. The van der Waals surface area contributed by atoms with Crippen molar-refractivity contribution in [2.75, 3.05) is 0 Å². The van der Waals surface area contributed by atoms with Gasteiger partial charge in [-0.05, 0) is 51.1 Å². The van der Waals surface area contributed by atoms with Crippen molar-refractivity contribution in [3.8, 4) is 46.5 Å². The number of benzene rings is 3. The minimum absolute atomic E-state index is 0.0200. The van der Waals surface area contributed by atoms with Crippen molar-refractivity contribution in [1.29, 1.82) is 21.0 Å². The molecule has 0 heterocycles. The topological polar surface area (TPSA) is 108 Å². The van der Waals surface area contributed by atoms with Gasteiger partial charge in [0.1, 0.15) is 17.7 Å². The van der Waals surface area contributed by atoms with E-state index in [0.717, 1.165) is 0 Å². The van der Waals surface area contributed by atoms with E-state index in [1.165, 1.54) is 24.3 Å². The predicted octanol–water partition coefficient (Wildman–Crippen LogP) is 7.99. The third-order valence-corrected chi connectivity index (χ3v) is 6.85. The van der Waals surface area contributed by atoms with Crippen LogP contribution in [0.4, 0.5) is 8.78 Å². The average Bonchev–Trinajstić information content (AvgIpc) is 3.47. The van der Waals surface area contributed by atoms with E-state index in [0.29, 0.717) is 5.56 Å². The van der Waals surface area contributed by atoms with Gasteiger partial charge in [-0.3, -0.25) is 0 Å². The SMILES string of the molecule is [C-]#[N+]C1=C(F)/C(=C(/C#N)[N+]#[C-])c2c1c(-c1ccc(C#N)cc1)c1c(c2-c2ccccc2)/C(=C(/C#N)[N+]#[C-])C(F)=C1C#N. The molecular weight excluding hydrogens is 532 g/mol. The molecule has 2 aliphatic carbocycles. The Labute approximate surface area is 238 Å². The molecule has 5 rings (SSSR count). The third-order valence-electron chi connectivity index (χ3n) is 6.85. The zero-order valence-corrected chi connectivity index (χ0v) is 21.1. The van der Waals surface area contributed by atoms with Crippen LogP contribution in [0.2, 0.25) is 0 Å². The number of nitrogens with zero attached hydrogens (tertiary/aromatic N) is 7. The second-order valence-electron chi connectivity index (χ2n) is 8.77. The molecule has 9 heteroatoms. The Morgan fingerprint density at radius 3 is 1.62 bits per heavy atom. The highest BCUT2D eigenvalue weighted by molar-refractivity contribution is 6.19. The van der Waals surface area contributed by atoms with Gasteiger partial charge in [0.25, 0.3) is 11.4 Å². The lowest BCUT2D eigenvalue weighted by Crippen LogP contribution is -2.04. The van der Waals surface area contributed by atoms with Gasteiger partial charge in [0.2, 0.25) is 5.70 Å². The number of halogens is 2. The van der Waals surface area contributed by atoms with Crippen LogP contribution in [0.15, 0.2) is 77.6 Å². The molecule has 0 radical (unpaired) electrons. The lowest BCUT2D eigenvalue weighted by atomic mass is 9.79. The van der Waals surface area contributed by atoms with Crippen LogP contribution in [0.1, 0.15) is 27.8 Å². The minimum Gasteiger partial charge on any atom is -0.234 e. The number of rotatable bonds is 2. The summed E-state index contributed by atoms with van der Waals surface area (Å²) in [6.45, 7) is 23.0. The van der Waals surface area contributed by atoms with Gasteiger partial charge in [0, 0.05) is 16.7 Å². The van der Waals surface area contributed by atoms with Crippen molar-refractivity contribution in [1.82, 2.24) is 0 Å². The van der Waals surface area contributed by atoms with E-state index in [1.54, 1.807) is 42.5 Å². The van der Waals surface area contributed by atoms with Crippen LogP contribution in [-0.2, 0) is 0 Å². The van der Waals surface area contributed by atoms with E-state index >= 15 is 8.78 Å². The molecule has 3 aromatic carbocycles. The quantitative estimate of drug-likeness (QED) is 0.242. The Kier molecular flexibility index (Phi) is 6.46. The van der Waals surface area contributed by atoms with Gasteiger partial charge in [-0.25, -0.2) is 33.8 Å². The molecule has 0 N–H and O–H groups in total. The fraction of sp³-hybridized carbons (Fsp3) is 0. The van der Waals surface area contributed by atoms with Crippen molar-refractivity contribution in [3.05, 3.63) is 140 Å². The van der Waals surface area contributed by atoms with E-state index in [4.69, 9.17) is 19.7 Å². The Hall–Kier alpha value is -7.09. The van der Waals surface area contributed by atoms with Gasteiger partial charge in [0.05, 0.1) is 49.1 Å². The molecule has 190 valence electrons. The summed E-state index contributed by atoms with van der Waals surface area (Å²) >= 11 is 0. The molecule has 0 fully saturated rings. The number of hydrogen-bond acceptors (Lipinski definition) is 4. The molecule has 42 heavy (non-hydrogen) atoms. The lowest BCUT2D eigenvalue weighted by molar-refractivity contribution is 0.681. The molecule has 0 aromatic heterocycles. The van der Waals surface area contributed by atoms with E-state index in [2.05, 4.69) is 14.5 Å². The summed E-state index contributed by atoms with van der Waals surface area (Å²) < 4.78 is 32.4. The monoisotopic (exact) mass is 541 g/mol. The van der Waals surface area contributed by atoms with Crippen LogP contribution in [0, 0.1) is 65.0 Å². The molecule has 0 saturated heterocycles. The van der Waals surface area contributed by atoms with E-state index in [9.17, 15) is 21.0 Å². The first-order valence-corrected chi connectivity index (χ1v) is 11.8. The Bertz CT molecular complexity index is 2060. The third kappa shape index (κ3) is 3.57. The van der Waals surface area contributed by atoms with Crippen LogP contribution in [0.5, 0.6) is 0 Å². The minimum atomic E-state index is -1.15. The fourth-order valence-corrected chi connectivity index (χ4v) is 5.24. The largest absolute Gasteiger partial charge is 0.272 e. The maximum absolute atomic E-state index is 16.2. The van der Waals surface area contributed by atoms with Crippen molar-refractivity contribution >= 4 is 22.4 Å². The molecule has 0 aliphatic heterocycles. The lowest BCUT2D eigenvalue weighted by Gasteiger charge is -2.23. The normalized spacial score (nSPS) is 15.1. The van der Waals surface area contributed by atoms with Crippen LogP contribution >= 0.6 is 0 Å². The second-order valence-corrected chi connectivity index (χ2v) is 8.77. The zero-order chi connectivity index (χ0) is 30.1. The molecule has 0 atom stereocenters. The van der Waals surface area contributed by atoms with Crippen molar-refractivity contribution in [3.63, 3.8) is 0 Å². The molecule has 0 saturated carbocycles. The summed E-state index contributed by atoms with van der Waals surface area (Å²) in [6, 6.07) is 21.1. The second kappa shape index (κ2) is 10.2. The van der Waals surface area contributed by atoms with E-state index in [1.807, 2.05) is 12.1 Å². The Balaban J connectivity index is 2.22. The first kappa shape index (κ1) is 26.5. The molecule has 2 aliphatic rings. The number of nitriles is 4. The van der Waals surface area contributed by atoms with Gasteiger partial charge in [-0.1, -0.05) is 42.5 Å². The zero-order valence-electron chi connectivity index (χ0n) is 21.1. The summed E-state index contributed by atoms with van der Waals surface area (Å²) in [5.41, 5.74) is -2.82. The molecule has 3 aromatic rings. The van der Waals surface area contributed by atoms with Gasteiger partial charge in [0.15, 0.2) is 0 Å². The standard InChI is InChI=1S/C33H9F2N7/c1-40-21(15-38)26-28-24(18-7-5-4-6-8-18)29-27(22(16-39)41-2)32(35)33(42-3)30(29)23(25(28)20(14-37)31(26)34)19-11-9-17(13-36)10-12-19/h4-12H/b26-21+,27-22-. The van der Waals surface area contributed by atoms with Crippen LogP contribution in [0.3, 0.4) is 0 Å². The molecule has 0 spiro atoms. The Morgan fingerprint density at radius 1 is 0.595 bits per heavy atom. The van der Waals surface area contributed by atoms with Crippen molar-refractivity contribution in [2.24, 2.45) is 0 Å². The van der Waals surface area contributed by atoms with Crippen molar-refractivity contribution < 1.29 is 8.78 Å². The van der Waals surface area contributed by atoms with Gasteiger partial charge >= 0.3 is 0 Å². The van der Waals surface area contributed by atoms with Crippen LogP contribution in [-0.4, -0.2) is 0 Å². The highest BCUT2D eigenvalue weighted by atomic mass is 19.1. The van der Waals surface area contributed by atoms with Gasteiger partial charge in [-0.2, -0.15) is 10.5 Å². The molecular formula is C33H9F2N7. The summed E-state index contributed by atoms with van der Waals surface area (Å²) in [6.07, 6.45) is 0.